The van der Waals surface area contributed by atoms with Crippen molar-refractivity contribution >= 4 is 15.7 Å². The SMILES string of the molecule is CS(=O)(=O)c1ccc(-c2noc(C3CCC(=O)N(Cc4ccccc4)C3)n2)cc1. The lowest BCUT2D eigenvalue weighted by atomic mass is 9.97. The number of sulfone groups is 1. The van der Waals surface area contributed by atoms with E-state index in [1.54, 1.807) is 12.1 Å². The van der Waals surface area contributed by atoms with Gasteiger partial charge >= 0.3 is 0 Å². The molecule has 0 N–H and O–H groups in total. The minimum Gasteiger partial charge on any atom is -0.339 e. The third-order valence-electron chi connectivity index (χ3n) is 5.05. The van der Waals surface area contributed by atoms with E-state index in [1.807, 2.05) is 35.2 Å². The molecule has 8 heteroatoms. The Kier molecular flexibility index (Phi) is 5.19. The fraction of sp³-hybridized carbons (Fsp3) is 0.286. The lowest BCUT2D eigenvalue weighted by Crippen LogP contribution is -2.38. The van der Waals surface area contributed by atoms with E-state index in [4.69, 9.17) is 4.52 Å². The minimum absolute atomic E-state index is 0.0204. The molecule has 2 heterocycles. The van der Waals surface area contributed by atoms with Crippen LogP contribution >= 0.6 is 0 Å². The van der Waals surface area contributed by atoms with Crippen LogP contribution in [0.25, 0.3) is 11.4 Å². The van der Waals surface area contributed by atoms with Gasteiger partial charge in [-0.3, -0.25) is 4.79 Å². The number of hydrogen-bond acceptors (Lipinski definition) is 6. The lowest BCUT2D eigenvalue weighted by molar-refractivity contribution is -0.134. The van der Waals surface area contributed by atoms with Gasteiger partial charge in [-0.15, -0.1) is 0 Å². The number of amides is 1. The molecule has 2 aromatic carbocycles. The van der Waals surface area contributed by atoms with Crippen molar-refractivity contribution in [2.75, 3.05) is 12.8 Å². The van der Waals surface area contributed by atoms with Gasteiger partial charge < -0.3 is 9.42 Å². The normalized spacial score (nSPS) is 17.5. The lowest BCUT2D eigenvalue weighted by Gasteiger charge is -2.31. The third-order valence-corrected chi connectivity index (χ3v) is 6.18. The van der Waals surface area contributed by atoms with Crippen molar-refractivity contribution in [3.05, 3.63) is 66.1 Å². The van der Waals surface area contributed by atoms with Crippen LogP contribution in [0, 0.1) is 0 Å². The molecule has 0 radical (unpaired) electrons. The highest BCUT2D eigenvalue weighted by atomic mass is 32.2. The number of aromatic nitrogens is 2. The van der Waals surface area contributed by atoms with Crippen molar-refractivity contribution in [2.45, 2.75) is 30.2 Å². The Bertz CT molecular complexity index is 1110. The van der Waals surface area contributed by atoms with E-state index in [2.05, 4.69) is 10.1 Å². The van der Waals surface area contributed by atoms with Crippen LogP contribution in [0.5, 0.6) is 0 Å². The molecular weight excluding hydrogens is 390 g/mol. The summed E-state index contributed by atoms with van der Waals surface area (Å²) in [6.45, 7) is 1.09. The van der Waals surface area contributed by atoms with Crippen LogP contribution in [0.1, 0.15) is 30.2 Å². The largest absolute Gasteiger partial charge is 0.339 e. The van der Waals surface area contributed by atoms with Crippen LogP contribution in [0.3, 0.4) is 0 Å². The van der Waals surface area contributed by atoms with Gasteiger partial charge in [0.1, 0.15) is 0 Å². The number of carbonyl (C=O) groups is 1. The molecule has 1 saturated heterocycles. The maximum absolute atomic E-state index is 12.3. The van der Waals surface area contributed by atoms with Gasteiger partial charge in [0.15, 0.2) is 9.84 Å². The van der Waals surface area contributed by atoms with E-state index in [0.29, 0.717) is 43.2 Å². The van der Waals surface area contributed by atoms with Crippen molar-refractivity contribution in [1.29, 1.82) is 0 Å². The topological polar surface area (TPSA) is 93.4 Å². The maximum atomic E-state index is 12.3. The van der Waals surface area contributed by atoms with Crippen LogP contribution in [-0.2, 0) is 21.2 Å². The molecule has 1 fully saturated rings. The van der Waals surface area contributed by atoms with Gasteiger partial charge in [-0.25, -0.2) is 8.42 Å². The first-order valence-electron chi connectivity index (χ1n) is 9.36. The summed E-state index contributed by atoms with van der Waals surface area (Å²) < 4.78 is 28.7. The highest BCUT2D eigenvalue weighted by Gasteiger charge is 2.30. The second-order valence-corrected chi connectivity index (χ2v) is 9.26. The number of piperidine rings is 1. The monoisotopic (exact) mass is 411 g/mol. The number of likely N-dealkylation sites (tertiary alicyclic amines) is 1. The quantitative estimate of drug-likeness (QED) is 0.641. The van der Waals surface area contributed by atoms with Gasteiger partial charge in [-0.05, 0) is 36.2 Å². The predicted octanol–water partition coefficient (Wildman–Crippen LogP) is 3.05. The molecule has 0 saturated carbocycles. The van der Waals surface area contributed by atoms with E-state index in [0.717, 1.165) is 5.56 Å². The van der Waals surface area contributed by atoms with Crippen molar-refractivity contribution in [1.82, 2.24) is 15.0 Å². The first-order valence-corrected chi connectivity index (χ1v) is 11.2. The number of rotatable bonds is 5. The smallest absolute Gasteiger partial charge is 0.231 e. The highest BCUT2D eigenvalue weighted by molar-refractivity contribution is 7.90. The van der Waals surface area contributed by atoms with Crippen molar-refractivity contribution < 1.29 is 17.7 Å². The summed E-state index contributed by atoms with van der Waals surface area (Å²) in [5.41, 5.74) is 1.76. The number of benzene rings is 2. The molecule has 3 aromatic rings. The molecule has 0 bridgehead atoms. The van der Waals surface area contributed by atoms with Gasteiger partial charge in [0.2, 0.25) is 17.6 Å². The molecule has 1 aliphatic rings. The molecule has 1 amide bonds. The first-order chi connectivity index (χ1) is 13.9. The summed E-state index contributed by atoms with van der Waals surface area (Å²) in [7, 11) is -3.25. The van der Waals surface area contributed by atoms with Crippen molar-refractivity contribution in [2.24, 2.45) is 0 Å². The highest BCUT2D eigenvalue weighted by Crippen LogP contribution is 2.29. The Morgan fingerprint density at radius 3 is 2.52 bits per heavy atom. The minimum atomic E-state index is -3.25. The van der Waals surface area contributed by atoms with Crippen LogP contribution < -0.4 is 0 Å². The molecule has 29 heavy (non-hydrogen) atoms. The van der Waals surface area contributed by atoms with Gasteiger partial charge in [0.25, 0.3) is 0 Å². The summed E-state index contributed by atoms with van der Waals surface area (Å²) in [5, 5.41) is 4.04. The van der Waals surface area contributed by atoms with E-state index >= 15 is 0 Å². The molecule has 0 spiro atoms. The van der Waals surface area contributed by atoms with Crippen LogP contribution in [-0.4, -0.2) is 42.2 Å². The fourth-order valence-electron chi connectivity index (χ4n) is 3.44. The van der Waals surface area contributed by atoms with Gasteiger partial charge in [-0.1, -0.05) is 35.5 Å². The van der Waals surface area contributed by atoms with Crippen LogP contribution in [0.2, 0.25) is 0 Å². The standard InChI is InChI=1S/C21H21N3O4S/c1-29(26,27)18-10-7-16(8-11-18)20-22-21(28-23-20)17-9-12-19(25)24(14-17)13-15-5-3-2-4-6-15/h2-8,10-11,17H,9,12-14H2,1H3. The number of carbonyl (C=O) groups excluding carboxylic acids is 1. The molecule has 0 aliphatic carbocycles. The second-order valence-electron chi connectivity index (χ2n) is 7.25. The molecular formula is C21H21N3O4S. The fourth-order valence-corrected chi connectivity index (χ4v) is 4.07. The average Bonchev–Trinajstić information content (AvgIpc) is 3.20. The molecule has 1 atom stereocenters. The Labute approximate surface area is 169 Å². The zero-order chi connectivity index (χ0) is 20.4. The molecule has 1 unspecified atom stereocenters. The molecule has 150 valence electrons. The number of hydrogen-bond donors (Lipinski definition) is 0. The number of nitrogens with zero attached hydrogens (tertiary/aromatic N) is 3. The Hall–Kier alpha value is -3.00. The Balaban J connectivity index is 1.49. The van der Waals surface area contributed by atoms with E-state index in [9.17, 15) is 13.2 Å². The molecule has 1 aromatic heterocycles. The molecule has 1 aliphatic heterocycles. The van der Waals surface area contributed by atoms with E-state index in [1.165, 1.54) is 18.4 Å². The van der Waals surface area contributed by atoms with Crippen LogP contribution in [0.4, 0.5) is 0 Å². The summed E-state index contributed by atoms with van der Waals surface area (Å²) in [6, 6.07) is 16.3. The Morgan fingerprint density at radius 1 is 1.10 bits per heavy atom. The summed E-state index contributed by atoms with van der Waals surface area (Å²) >= 11 is 0. The van der Waals surface area contributed by atoms with E-state index < -0.39 is 9.84 Å². The zero-order valence-electron chi connectivity index (χ0n) is 16.0. The predicted molar refractivity (Wildman–Crippen MR) is 107 cm³/mol. The second kappa shape index (κ2) is 7.79. The Morgan fingerprint density at radius 2 is 1.83 bits per heavy atom. The van der Waals surface area contributed by atoms with Crippen molar-refractivity contribution in [3.8, 4) is 11.4 Å². The molecule has 4 rings (SSSR count). The van der Waals surface area contributed by atoms with Gasteiger partial charge in [0, 0.05) is 31.3 Å². The first kappa shape index (κ1) is 19.3. The van der Waals surface area contributed by atoms with E-state index in [-0.39, 0.29) is 16.7 Å². The van der Waals surface area contributed by atoms with Gasteiger partial charge in [0.05, 0.1) is 10.8 Å². The third kappa shape index (κ3) is 4.37. The zero-order valence-corrected chi connectivity index (χ0v) is 16.8. The molecule has 7 nitrogen and oxygen atoms in total. The summed E-state index contributed by atoms with van der Waals surface area (Å²) in [6.07, 6.45) is 2.27. The van der Waals surface area contributed by atoms with Crippen molar-refractivity contribution in [3.63, 3.8) is 0 Å². The maximum Gasteiger partial charge on any atom is 0.231 e. The van der Waals surface area contributed by atoms with Gasteiger partial charge in [-0.2, -0.15) is 4.98 Å². The summed E-state index contributed by atoms with van der Waals surface area (Å²) in [5.74, 6) is 1.01. The average molecular weight is 411 g/mol. The van der Waals surface area contributed by atoms with Crippen LogP contribution in [0.15, 0.2) is 64.0 Å². The summed E-state index contributed by atoms with van der Waals surface area (Å²) in [4.78, 5) is 18.9.